The van der Waals surface area contributed by atoms with E-state index in [4.69, 9.17) is 0 Å². The number of halogens is 2. The highest BCUT2D eigenvalue weighted by atomic mass is 19.3. The largest absolute Gasteiger partial charge is 0.354 e. The third-order valence-electron chi connectivity index (χ3n) is 4.25. The van der Waals surface area contributed by atoms with E-state index < -0.39 is 12.0 Å². The first-order valence-corrected chi connectivity index (χ1v) is 6.87. The van der Waals surface area contributed by atoms with Gasteiger partial charge in [0.1, 0.15) is 0 Å². The second kappa shape index (κ2) is 5.51. The van der Waals surface area contributed by atoms with Gasteiger partial charge in [-0.2, -0.15) is 0 Å². The molecule has 2 fully saturated rings. The Morgan fingerprint density at radius 1 is 1.39 bits per heavy atom. The summed E-state index contributed by atoms with van der Waals surface area (Å²) in [4.78, 5) is 11.8. The van der Waals surface area contributed by atoms with Crippen molar-refractivity contribution < 1.29 is 13.6 Å². The van der Waals surface area contributed by atoms with Crippen LogP contribution in [0.2, 0.25) is 0 Å². The number of carbonyl (C=O) groups excluding carboxylic acids is 1. The summed E-state index contributed by atoms with van der Waals surface area (Å²) in [5.74, 6) is -1.88. The van der Waals surface area contributed by atoms with Crippen LogP contribution < -0.4 is 10.6 Å². The van der Waals surface area contributed by atoms with Crippen LogP contribution in [0.4, 0.5) is 8.78 Å². The Morgan fingerprint density at radius 3 is 2.72 bits per heavy atom. The molecule has 0 aromatic rings. The number of hydrogen-bond donors (Lipinski definition) is 2. The standard InChI is InChI=1S/C13H22F2N2O/c1-9-4-2-3-5-10(9)7-16-12(18)11-6-13(14,15)8-17-11/h9-11,17H,2-8H2,1H3,(H,16,18). The number of hydrogen-bond acceptors (Lipinski definition) is 2. The molecule has 3 nitrogen and oxygen atoms in total. The Kier molecular flexibility index (Phi) is 4.20. The maximum absolute atomic E-state index is 13.0. The molecule has 3 unspecified atom stereocenters. The summed E-state index contributed by atoms with van der Waals surface area (Å²) < 4.78 is 25.9. The van der Waals surface area contributed by atoms with E-state index in [9.17, 15) is 13.6 Å². The molecule has 0 aromatic carbocycles. The van der Waals surface area contributed by atoms with E-state index in [1.165, 1.54) is 19.3 Å². The van der Waals surface area contributed by atoms with Gasteiger partial charge in [0.25, 0.3) is 5.92 Å². The second-order valence-electron chi connectivity index (χ2n) is 5.76. The van der Waals surface area contributed by atoms with Crippen LogP contribution in [0.5, 0.6) is 0 Å². The van der Waals surface area contributed by atoms with Gasteiger partial charge in [-0.15, -0.1) is 0 Å². The van der Waals surface area contributed by atoms with Crippen molar-refractivity contribution >= 4 is 5.91 Å². The van der Waals surface area contributed by atoms with Gasteiger partial charge in [-0.05, 0) is 18.3 Å². The van der Waals surface area contributed by atoms with Crippen molar-refractivity contribution in [1.29, 1.82) is 0 Å². The first-order valence-electron chi connectivity index (χ1n) is 6.87. The number of alkyl halides is 2. The third-order valence-corrected chi connectivity index (χ3v) is 4.25. The Hall–Kier alpha value is -0.710. The zero-order chi connectivity index (χ0) is 13.2. The van der Waals surface area contributed by atoms with Crippen LogP contribution in [0.25, 0.3) is 0 Å². The van der Waals surface area contributed by atoms with Crippen LogP contribution in [-0.4, -0.2) is 31.0 Å². The highest BCUT2D eigenvalue weighted by molar-refractivity contribution is 5.82. The lowest BCUT2D eigenvalue weighted by Gasteiger charge is -2.29. The molecule has 3 atom stereocenters. The lowest BCUT2D eigenvalue weighted by atomic mass is 9.80. The summed E-state index contributed by atoms with van der Waals surface area (Å²) in [7, 11) is 0. The Labute approximate surface area is 107 Å². The first kappa shape index (κ1) is 13.7. The topological polar surface area (TPSA) is 41.1 Å². The molecule has 1 aliphatic heterocycles. The van der Waals surface area contributed by atoms with Crippen LogP contribution in [0.3, 0.4) is 0 Å². The molecule has 0 aromatic heterocycles. The van der Waals surface area contributed by atoms with Crippen molar-refractivity contribution in [1.82, 2.24) is 10.6 Å². The fourth-order valence-electron chi connectivity index (χ4n) is 2.95. The highest BCUT2D eigenvalue weighted by Crippen LogP contribution is 2.29. The van der Waals surface area contributed by atoms with Crippen LogP contribution >= 0.6 is 0 Å². The maximum Gasteiger partial charge on any atom is 0.262 e. The average Bonchev–Trinajstić information content (AvgIpc) is 2.68. The zero-order valence-electron chi connectivity index (χ0n) is 10.8. The van der Waals surface area contributed by atoms with E-state index in [2.05, 4.69) is 17.6 Å². The van der Waals surface area contributed by atoms with Crippen molar-refractivity contribution in [3.63, 3.8) is 0 Å². The fourth-order valence-corrected chi connectivity index (χ4v) is 2.95. The molecular formula is C13H22F2N2O. The summed E-state index contributed by atoms with van der Waals surface area (Å²) in [6.45, 7) is 2.45. The number of nitrogens with one attached hydrogen (secondary N) is 2. The van der Waals surface area contributed by atoms with Crippen molar-refractivity contribution in [2.45, 2.75) is 51.0 Å². The van der Waals surface area contributed by atoms with Crippen LogP contribution in [-0.2, 0) is 4.79 Å². The van der Waals surface area contributed by atoms with Gasteiger partial charge in [0.2, 0.25) is 5.91 Å². The maximum atomic E-state index is 13.0. The first-order chi connectivity index (χ1) is 8.48. The minimum Gasteiger partial charge on any atom is -0.354 e. The van der Waals surface area contributed by atoms with Crippen LogP contribution in [0.1, 0.15) is 39.0 Å². The minimum atomic E-state index is -2.74. The highest BCUT2D eigenvalue weighted by Gasteiger charge is 2.42. The lowest BCUT2D eigenvalue weighted by Crippen LogP contribution is -2.43. The number of carbonyl (C=O) groups is 1. The number of rotatable bonds is 3. The minimum absolute atomic E-state index is 0.273. The molecule has 18 heavy (non-hydrogen) atoms. The Bertz CT molecular complexity index is 309. The van der Waals surface area contributed by atoms with Gasteiger partial charge >= 0.3 is 0 Å². The molecule has 0 spiro atoms. The Morgan fingerprint density at radius 2 is 2.11 bits per heavy atom. The quantitative estimate of drug-likeness (QED) is 0.814. The summed E-state index contributed by atoms with van der Waals surface area (Å²) in [5.41, 5.74) is 0. The lowest BCUT2D eigenvalue weighted by molar-refractivity contribution is -0.123. The predicted molar refractivity (Wildman–Crippen MR) is 65.5 cm³/mol. The molecule has 2 rings (SSSR count). The fraction of sp³-hybridized carbons (Fsp3) is 0.923. The predicted octanol–water partition coefficient (Wildman–Crippen LogP) is 1.93. The van der Waals surface area contributed by atoms with E-state index >= 15 is 0 Å². The van der Waals surface area contributed by atoms with E-state index in [-0.39, 0.29) is 18.9 Å². The van der Waals surface area contributed by atoms with Gasteiger partial charge in [0.05, 0.1) is 12.6 Å². The van der Waals surface area contributed by atoms with E-state index in [1.807, 2.05) is 0 Å². The van der Waals surface area contributed by atoms with E-state index in [0.29, 0.717) is 18.4 Å². The SMILES string of the molecule is CC1CCCCC1CNC(=O)C1CC(F)(F)CN1. The molecule has 0 radical (unpaired) electrons. The molecule has 1 amide bonds. The van der Waals surface area contributed by atoms with Gasteiger partial charge in [0.15, 0.2) is 0 Å². The smallest absolute Gasteiger partial charge is 0.262 e. The summed E-state index contributed by atoms with van der Waals surface area (Å²) in [6.07, 6.45) is 4.45. The second-order valence-corrected chi connectivity index (χ2v) is 5.76. The molecule has 0 bridgehead atoms. The molecule has 2 aliphatic rings. The summed E-state index contributed by atoms with van der Waals surface area (Å²) in [5, 5.41) is 5.41. The average molecular weight is 260 g/mol. The van der Waals surface area contributed by atoms with Crippen LogP contribution in [0, 0.1) is 11.8 Å². The van der Waals surface area contributed by atoms with Gasteiger partial charge in [-0.1, -0.05) is 26.2 Å². The third kappa shape index (κ3) is 3.40. The molecule has 1 saturated carbocycles. The van der Waals surface area contributed by atoms with Gasteiger partial charge in [0, 0.05) is 13.0 Å². The van der Waals surface area contributed by atoms with Gasteiger partial charge in [-0.3, -0.25) is 10.1 Å². The molecular weight excluding hydrogens is 238 g/mol. The summed E-state index contributed by atoms with van der Waals surface area (Å²) >= 11 is 0. The molecule has 5 heteroatoms. The normalized spacial score (nSPS) is 35.4. The monoisotopic (exact) mass is 260 g/mol. The van der Waals surface area contributed by atoms with Crippen molar-refractivity contribution in [3.05, 3.63) is 0 Å². The molecule has 2 N–H and O–H groups in total. The molecule has 104 valence electrons. The molecule has 1 saturated heterocycles. The Balaban J connectivity index is 1.75. The van der Waals surface area contributed by atoms with Crippen LogP contribution in [0.15, 0.2) is 0 Å². The van der Waals surface area contributed by atoms with Crippen molar-refractivity contribution in [3.8, 4) is 0 Å². The summed E-state index contributed by atoms with van der Waals surface area (Å²) in [6, 6.07) is -0.723. The number of amides is 1. The van der Waals surface area contributed by atoms with Gasteiger partial charge in [-0.25, -0.2) is 8.78 Å². The molecule has 1 heterocycles. The molecule has 1 aliphatic carbocycles. The van der Waals surface area contributed by atoms with Crippen molar-refractivity contribution in [2.75, 3.05) is 13.1 Å². The van der Waals surface area contributed by atoms with E-state index in [1.54, 1.807) is 0 Å². The zero-order valence-corrected chi connectivity index (χ0v) is 10.8. The van der Waals surface area contributed by atoms with E-state index in [0.717, 1.165) is 6.42 Å². The van der Waals surface area contributed by atoms with Gasteiger partial charge < -0.3 is 5.32 Å². The van der Waals surface area contributed by atoms with Crippen molar-refractivity contribution in [2.24, 2.45) is 11.8 Å².